The quantitative estimate of drug-likeness (QED) is 0.641. The third-order valence-corrected chi connectivity index (χ3v) is 2.88. The van der Waals surface area contributed by atoms with E-state index in [0.717, 1.165) is 11.1 Å². The molecule has 3 nitrogen and oxygen atoms in total. The van der Waals surface area contributed by atoms with E-state index in [-0.39, 0.29) is 18.0 Å². The van der Waals surface area contributed by atoms with Crippen LogP contribution in [0.15, 0.2) is 42.5 Å². The average Bonchev–Trinajstić information content (AvgIpc) is 2.32. The summed E-state index contributed by atoms with van der Waals surface area (Å²) in [6, 6.07) is 12.0. The molecule has 0 aliphatic heterocycles. The van der Waals surface area contributed by atoms with Crippen LogP contribution in [0.2, 0.25) is 0 Å². The molecule has 0 atom stereocenters. The highest BCUT2D eigenvalue weighted by Crippen LogP contribution is 2.17. The summed E-state index contributed by atoms with van der Waals surface area (Å²) in [5, 5.41) is 9.35. The van der Waals surface area contributed by atoms with Gasteiger partial charge in [-0.15, -0.1) is 0 Å². The fourth-order valence-corrected chi connectivity index (χ4v) is 1.77. The Morgan fingerprint density at radius 2 is 2.00 bits per heavy atom. The molecule has 3 N–H and O–H groups in total. The molecule has 0 bridgehead atoms. The van der Waals surface area contributed by atoms with Gasteiger partial charge in [0.15, 0.2) is 5.78 Å². The molecule has 0 fully saturated rings. The average molecular weight is 241 g/mol. The van der Waals surface area contributed by atoms with Gasteiger partial charge in [-0.1, -0.05) is 24.3 Å². The van der Waals surface area contributed by atoms with Gasteiger partial charge in [0.1, 0.15) is 5.75 Å². The van der Waals surface area contributed by atoms with E-state index >= 15 is 0 Å². The SMILES string of the molecule is Cc1ccc(C(=O)Cc2cccc(O)c2)cc1N. The van der Waals surface area contributed by atoms with Gasteiger partial charge in [0.25, 0.3) is 0 Å². The fourth-order valence-electron chi connectivity index (χ4n) is 1.77. The zero-order valence-electron chi connectivity index (χ0n) is 10.2. The monoisotopic (exact) mass is 241 g/mol. The molecule has 0 aromatic heterocycles. The first-order valence-electron chi connectivity index (χ1n) is 5.73. The Kier molecular flexibility index (Phi) is 3.33. The van der Waals surface area contributed by atoms with E-state index in [0.29, 0.717) is 11.3 Å². The smallest absolute Gasteiger partial charge is 0.167 e. The summed E-state index contributed by atoms with van der Waals surface area (Å²) in [5.41, 5.74) is 8.76. The molecule has 0 saturated heterocycles. The molecular formula is C15H15NO2. The van der Waals surface area contributed by atoms with Crippen molar-refractivity contribution in [3.63, 3.8) is 0 Å². The molecule has 0 radical (unpaired) electrons. The Morgan fingerprint density at radius 3 is 2.67 bits per heavy atom. The molecule has 92 valence electrons. The summed E-state index contributed by atoms with van der Waals surface area (Å²) in [6.07, 6.45) is 0.261. The van der Waals surface area contributed by atoms with Gasteiger partial charge in [-0.3, -0.25) is 4.79 Å². The second kappa shape index (κ2) is 4.92. The number of benzene rings is 2. The zero-order valence-corrected chi connectivity index (χ0v) is 10.2. The highest BCUT2D eigenvalue weighted by molar-refractivity contribution is 5.98. The number of rotatable bonds is 3. The Morgan fingerprint density at radius 1 is 1.22 bits per heavy atom. The molecule has 2 aromatic rings. The van der Waals surface area contributed by atoms with Gasteiger partial charge < -0.3 is 10.8 Å². The number of phenolic OH excluding ortho intramolecular Hbond substituents is 1. The molecule has 0 saturated carbocycles. The second-order valence-electron chi connectivity index (χ2n) is 4.34. The Bertz CT molecular complexity index is 591. The molecular weight excluding hydrogens is 226 g/mol. The fraction of sp³-hybridized carbons (Fsp3) is 0.133. The van der Waals surface area contributed by atoms with Crippen LogP contribution in [0.3, 0.4) is 0 Å². The summed E-state index contributed by atoms with van der Waals surface area (Å²) >= 11 is 0. The van der Waals surface area contributed by atoms with Gasteiger partial charge >= 0.3 is 0 Å². The van der Waals surface area contributed by atoms with Crippen molar-refractivity contribution in [1.29, 1.82) is 0 Å². The molecule has 18 heavy (non-hydrogen) atoms. The lowest BCUT2D eigenvalue weighted by Crippen LogP contribution is -2.04. The van der Waals surface area contributed by atoms with Crippen LogP contribution in [-0.2, 0) is 6.42 Å². The van der Waals surface area contributed by atoms with E-state index in [1.54, 1.807) is 30.3 Å². The number of Topliss-reactive ketones (excluding diaryl/α,β-unsaturated/α-hetero) is 1. The molecule has 0 amide bonds. The molecule has 0 unspecified atom stereocenters. The third kappa shape index (κ3) is 2.69. The van der Waals surface area contributed by atoms with Gasteiger partial charge in [-0.25, -0.2) is 0 Å². The summed E-state index contributed by atoms with van der Waals surface area (Å²) in [5.74, 6) is 0.163. The standard InChI is InChI=1S/C15H15NO2/c1-10-5-6-12(9-14(10)16)15(18)8-11-3-2-4-13(17)7-11/h2-7,9,17H,8,16H2,1H3. The van der Waals surface area contributed by atoms with Gasteiger partial charge in [0.05, 0.1) is 0 Å². The molecule has 0 aliphatic carbocycles. The van der Waals surface area contributed by atoms with E-state index < -0.39 is 0 Å². The number of hydrogen-bond donors (Lipinski definition) is 2. The minimum atomic E-state index is -0.00713. The molecule has 2 aromatic carbocycles. The number of phenols is 1. The van der Waals surface area contributed by atoms with Crippen molar-refractivity contribution >= 4 is 11.5 Å². The maximum absolute atomic E-state index is 12.1. The molecule has 0 heterocycles. The van der Waals surface area contributed by atoms with Crippen LogP contribution in [0.25, 0.3) is 0 Å². The summed E-state index contributed by atoms with van der Waals surface area (Å²) < 4.78 is 0. The van der Waals surface area contributed by atoms with E-state index in [1.165, 1.54) is 0 Å². The lowest BCUT2D eigenvalue weighted by molar-refractivity contribution is 0.0993. The number of nitrogens with two attached hydrogens (primary N) is 1. The predicted molar refractivity (Wildman–Crippen MR) is 71.7 cm³/mol. The highest BCUT2D eigenvalue weighted by atomic mass is 16.3. The van der Waals surface area contributed by atoms with Gasteiger partial charge in [0.2, 0.25) is 0 Å². The van der Waals surface area contributed by atoms with Gasteiger partial charge in [-0.05, 0) is 36.2 Å². The molecule has 3 heteroatoms. The topological polar surface area (TPSA) is 63.3 Å². The first kappa shape index (κ1) is 12.2. The Hall–Kier alpha value is -2.29. The highest BCUT2D eigenvalue weighted by Gasteiger charge is 2.08. The summed E-state index contributed by atoms with van der Waals surface area (Å²) in [4.78, 5) is 12.1. The number of carbonyl (C=O) groups excluding carboxylic acids is 1. The lowest BCUT2D eigenvalue weighted by atomic mass is 10.0. The van der Waals surface area contributed by atoms with Crippen LogP contribution in [0, 0.1) is 6.92 Å². The van der Waals surface area contributed by atoms with Crippen LogP contribution in [-0.4, -0.2) is 10.9 Å². The van der Waals surface area contributed by atoms with Gasteiger partial charge in [-0.2, -0.15) is 0 Å². The number of aryl methyl sites for hydroxylation is 1. The van der Waals surface area contributed by atoms with Crippen molar-refractivity contribution in [1.82, 2.24) is 0 Å². The maximum Gasteiger partial charge on any atom is 0.167 e. The predicted octanol–water partition coefficient (Wildman–Crippen LogP) is 2.71. The largest absolute Gasteiger partial charge is 0.508 e. The third-order valence-electron chi connectivity index (χ3n) is 2.88. The maximum atomic E-state index is 12.1. The van der Waals surface area contributed by atoms with E-state index in [1.807, 2.05) is 19.1 Å². The summed E-state index contributed by atoms with van der Waals surface area (Å²) in [7, 11) is 0. The van der Waals surface area contributed by atoms with E-state index in [4.69, 9.17) is 5.73 Å². The van der Waals surface area contributed by atoms with Crippen molar-refractivity contribution in [2.75, 3.05) is 5.73 Å². The zero-order chi connectivity index (χ0) is 13.1. The molecule has 0 aliphatic rings. The first-order chi connectivity index (χ1) is 8.56. The second-order valence-corrected chi connectivity index (χ2v) is 4.34. The van der Waals surface area contributed by atoms with Crippen molar-refractivity contribution in [2.45, 2.75) is 13.3 Å². The number of carbonyl (C=O) groups is 1. The van der Waals surface area contributed by atoms with Crippen LogP contribution < -0.4 is 5.73 Å². The number of nitrogen functional groups attached to an aromatic ring is 1. The van der Waals surface area contributed by atoms with Gasteiger partial charge in [0, 0.05) is 17.7 Å². The lowest BCUT2D eigenvalue weighted by Gasteiger charge is -2.05. The number of hydrogen-bond acceptors (Lipinski definition) is 3. The summed E-state index contributed by atoms with van der Waals surface area (Å²) in [6.45, 7) is 1.90. The normalized spacial score (nSPS) is 10.3. The van der Waals surface area contributed by atoms with Crippen LogP contribution in [0.1, 0.15) is 21.5 Å². The number of ketones is 1. The Balaban J connectivity index is 2.19. The van der Waals surface area contributed by atoms with Crippen LogP contribution in [0.5, 0.6) is 5.75 Å². The van der Waals surface area contributed by atoms with Crippen molar-refractivity contribution in [2.24, 2.45) is 0 Å². The van der Waals surface area contributed by atoms with E-state index in [2.05, 4.69) is 0 Å². The van der Waals surface area contributed by atoms with E-state index in [9.17, 15) is 9.90 Å². The molecule has 0 spiro atoms. The molecule has 2 rings (SSSR count). The van der Waals surface area contributed by atoms with Crippen molar-refractivity contribution in [3.05, 3.63) is 59.2 Å². The minimum Gasteiger partial charge on any atom is -0.508 e. The van der Waals surface area contributed by atoms with Crippen LogP contribution in [0.4, 0.5) is 5.69 Å². The Labute approximate surface area is 106 Å². The van der Waals surface area contributed by atoms with Crippen molar-refractivity contribution < 1.29 is 9.90 Å². The van der Waals surface area contributed by atoms with Crippen molar-refractivity contribution in [3.8, 4) is 5.75 Å². The number of anilines is 1. The minimum absolute atomic E-state index is 0.00713. The van der Waals surface area contributed by atoms with Crippen LogP contribution >= 0.6 is 0 Å². The first-order valence-corrected chi connectivity index (χ1v) is 5.73. The number of aromatic hydroxyl groups is 1.